The van der Waals surface area contributed by atoms with E-state index in [1.807, 2.05) is 30.3 Å². The van der Waals surface area contributed by atoms with Gasteiger partial charge in [-0.2, -0.15) is 0 Å². The van der Waals surface area contributed by atoms with Gasteiger partial charge in [-0.15, -0.1) is 10.2 Å². The van der Waals surface area contributed by atoms with Crippen LogP contribution in [-0.2, 0) is 6.61 Å². The first-order valence-corrected chi connectivity index (χ1v) is 4.92. The molecular weight excluding hydrogens is 204 g/mol. The zero-order valence-electron chi connectivity index (χ0n) is 8.92. The van der Waals surface area contributed by atoms with Crippen LogP contribution in [0.15, 0.2) is 36.4 Å². The van der Waals surface area contributed by atoms with Crippen LogP contribution in [0.4, 0.5) is 0 Å². The van der Waals surface area contributed by atoms with Gasteiger partial charge in [0.25, 0.3) is 0 Å². The summed E-state index contributed by atoms with van der Waals surface area (Å²) in [4.78, 5) is 0. The zero-order valence-corrected chi connectivity index (χ0v) is 8.92. The van der Waals surface area contributed by atoms with E-state index < -0.39 is 0 Å². The largest absolute Gasteiger partial charge is 0.480 e. The monoisotopic (exact) mass is 216 g/mol. The SMILES string of the molecule is COc1ccc(-c2ccccc2CO)nn1. The van der Waals surface area contributed by atoms with Crippen molar-refractivity contribution < 1.29 is 9.84 Å². The van der Waals surface area contributed by atoms with Gasteiger partial charge < -0.3 is 9.84 Å². The number of nitrogens with zero attached hydrogens (tertiary/aromatic N) is 2. The summed E-state index contributed by atoms with van der Waals surface area (Å²) in [5, 5.41) is 17.1. The van der Waals surface area contributed by atoms with Crippen molar-refractivity contribution in [3.63, 3.8) is 0 Å². The molecule has 2 rings (SSSR count). The van der Waals surface area contributed by atoms with Crippen molar-refractivity contribution in [3.8, 4) is 17.1 Å². The Morgan fingerprint density at radius 1 is 1.12 bits per heavy atom. The molecule has 4 nitrogen and oxygen atoms in total. The molecule has 0 amide bonds. The van der Waals surface area contributed by atoms with Gasteiger partial charge in [0.2, 0.25) is 5.88 Å². The number of hydrogen-bond donors (Lipinski definition) is 1. The summed E-state index contributed by atoms with van der Waals surface area (Å²) in [6.45, 7) is -0.0100. The molecular formula is C12H12N2O2. The van der Waals surface area contributed by atoms with Crippen LogP contribution in [0.5, 0.6) is 5.88 Å². The maximum absolute atomic E-state index is 9.21. The van der Waals surface area contributed by atoms with Crippen molar-refractivity contribution in [2.24, 2.45) is 0 Å². The van der Waals surface area contributed by atoms with E-state index >= 15 is 0 Å². The molecule has 1 N–H and O–H groups in total. The molecule has 0 fully saturated rings. The first kappa shape index (κ1) is 10.6. The van der Waals surface area contributed by atoms with Crippen molar-refractivity contribution >= 4 is 0 Å². The minimum atomic E-state index is -0.0100. The fourth-order valence-electron chi connectivity index (χ4n) is 1.48. The third kappa shape index (κ3) is 2.01. The summed E-state index contributed by atoms with van der Waals surface area (Å²) in [5.41, 5.74) is 2.45. The first-order valence-electron chi connectivity index (χ1n) is 4.92. The van der Waals surface area contributed by atoms with E-state index in [9.17, 15) is 5.11 Å². The highest BCUT2D eigenvalue weighted by Crippen LogP contribution is 2.21. The van der Waals surface area contributed by atoms with Crippen LogP contribution in [0.3, 0.4) is 0 Å². The van der Waals surface area contributed by atoms with Crippen LogP contribution in [-0.4, -0.2) is 22.4 Å². The number of rotatable bonds is 3. The van der Waals surface area contributed by atoms with Crippen LogP contribution < -0.4 is 4.74 Å². The van der Waals surface area contributed by atoms with E-state index in [4.69, 9.17) is 4.74 Å². The second-order valence-electron chi connectivity index (χ2n) is 3.28. The Labute approximate surface area is 93.5 Å². The van der Waals surface area contributed by atoms with Crippen LogP contribution in [0.1, 0.15) is 5.56 Å². The minimum Gasteiger partial charge on any atom is -0.480 e. The number of benzene rings is 1. The van der Waals surface area contributed by atoms with E-state index in [1.54, 1.807) is 13.2 Å². The summed E-state index contributed by atoms with van der Waals surface area (Å²) < 4.78 is 4.94. The van der Waals surface area contributed by atoms with Crippen molar-refractivity contribution in [1.82, 2.24) is 10.2 Å². The Kier molecular flexibility index (Phi) is 3.12. The molecule has 0 atom stereocenters. The smallest absolute Gasteiger partial charge is 0.233 e. The Balaban J connectivity index is 2.42. The van der Waals surface area contributed by atoms with Gasteiger partial charge in [0, 0.05) is 11.6 Å². The number of hydrogen-bond acceptors (Lipinski definition) is 4. The van der Waals surface area contributed by atoms with Gasteiger partial charge in [-0.1, -0.05) is 24.3 Å². The predicted molar refractivity (Wildman–Crippen MR) is 59.9 cm³/mol. The molecule has 0 radical (unpaired) electrons. The molecule has 4 heteroatoms. The number of aliphatic hydroxyl groups excluding tert-OH is 1. The molecule has 0 aliphatic heterocycles. The molecule has 0 aliphatic rings. The summed E-state index contributed by atoms with van der Waals surface area (Å²) in [7, 11) is 1.55. The molecule has 1 heterocycles. The average molecular weight is 216 g/mol. The summed E-state index contributed by atoms with van der Waals surface area (Å²) >= 11 is 0. The van der Waals surface area contributed by atoms with Crippen LogP contribution in [0, 0.1) is 0 Å². The van der Waals surface area contributed by atoms with Gasteiger partial charge >= 0.3 is 0 Å². The zero-order chi connectivity index (χ0) is 11.4. The Morgan fingerprint density at radius 2 is 1.94 bits per heavy atom. The minimum absolute atomic E-state index is 0.0100. The van der Waals surface area contributed by atoms with Gasteiger partial charge in [0.05, 0.1) is 19.4 Å². The lowest BCUT2D eigenvalue weighted by atomic mass is 10.1. The van der Waals surface area contributed by atoms with Crippen molar-refractivity contribution in [1.29, 1.82) is 0 Å². The molecule has 0 unspecified atom stereocenters. The molecule has 0 saturated heterocycles. The molecule has 0 bridgehead atoms. The topological polar surface area (TPSA) is 55.2 Å². The van der Waals surface area contributed by atoms with E-state index in [0.717, 1.165) is 16.8 Å². The summed E-state index contributed by atoms with van der Waals surface area (Å²) in [6.07, 6.45) is 0. The van der Waals surface area contributed by atoms with Crippen molar-refractivity contribution in [2.75, 3.05) is 7.11 Å². The van der Waals surface area contributed by atoms with Crippen molar-refractivity contribution in [3.05, 3.63) is 42.0 Å². The summed E-state index contributed by atoms with van der Waals surface area (Å²) in [6, 6.07) is 11.1. The van der Waals surface area contributed by atoms with Crippen LogP contribution in [0.25, 0.3) is 11.3 Å². The third-order valence-electron chi connectivity index (χ3n) is 2.31. The summed E-state index contributed by atoms with van der Waals surface area (Å²) in [5.74, 6) is 0.477. The van der Waals surface area contributed by atoms with Gasteiger partial charge in [0.15, 0.2) is 0 Å². The number of methoxy groups -OCH3 is 1. The molecule has 0 spiro atoms. The quantitative estimate of drug-likeness (QED) is 0.847. The van der Waals surface area contributed by atoms with Gasteiger partial charge in [-0.05, 0) is 11.6 Å². The van der Waals surface area contributed by atoms with Crippen molar-refractivity contribution in [2.45, 2.75) is 6.61 Å². The lowest BCUT2D eigenvalue weighted by Gasteiger charge is -2.05. The average Bonchev–Trinajstić information content (AvgIpc) is 2.39. The number of ether oxygens (including phenoxy) is 1. The lowest BCUT2D eigenvalue weighted by Crippen LogP contribution is -1.95. The van der Waals surface area contributed by atoms with E-state index in [1.165, 1.54) is 0 Å². The van der Waals surface area contributed by atoms with E-state index in [2.05, 4.69) is 10.2 Å². The Morgan fingerprint density at radius 3 is 2.56 bits per heavy atom. The van der Waals surface area contributed by atoms with E-state index in [-0.39, 0.29) is 6.61 Å². The highest BCUT2D eigenvalue weighted by molar-refractivity contribution is 5.63. The van der Waals surface area contributed by atoms with Gasteiger partial charge in [0.1, 0.15) is 0 Å². The second-order valence-corrected chi connectivity index (χ2v) is 3.28. The Hall–Kier alpha value is -1.94. The third-order valence-corrected chi connectivity index (χ3v) is 2.31. The van der Waals surface area contributed by atoms with Gasteiger partial charge in [-0.25, -0.2) is 0 Å². The van der Waals surface area contributed by atoms with Crippen LogP contribution in [0.2, 0.25) is 0 Å². The highest BCUT2D eigenvalue weighted by atomic mass is 16.5. The van der Waals surface area contributed by atoms with E-state index in [0.29, 0.717) is 5.88 Å². The fourth-order valence-corrected chi connectivity index (χ4v) is 1.48. The molecule has 16 heavy (non-hydrogen) atoms. The maximum atomic E-state index is 9.21. The molecule has 82 valence electrons. The maximum Gasteiger partial charge on any atom is 0.233 e. The highest BCUT2D eigenvalue weighted by Gasteiger charge is 2.05. The van der Waals surface area contributed by atoms with Crippen LogP contribution >= 0.6 is 0 Å². The predicted octanol–water partition coefficient (Wildman–Crippen LogP) is 1.64. The standard InChI is InChI=1S/C12H12N2O2/c1-16-12-7-6-11(13-14-12)10-5-3-2-4-9(10)8-15/h2-7,15H,8H2,1H3. The first-order chi connectivity index (χ1) is 7.85. The Bertz CT molecular complexity index is 469. The molecule has 1 aromatic carbocycles. The number of aliphatic hydroxyl groups is 1. The van der Waals surface area contributed by atoms with Gasteiger partial charge in [-0.3, -0.25) is 0 Å². The normalized spacial score (nSPS) is 10.1. The second kappa shape index (κ2) is 4.72. The molecule has 1 aromatic heterocycles. The molecule has 0 aliphatic carbocycles. The fraction of sp³-hybridized carbons (Fsp3) is 0.167. The lowest BCUT2D eigenvalue weighted by molar-refractivity contribution is 0.282. The molecule has 0 saturated carbocycles. The number of aromatic nitrogens is 2. The molecule has 2 aromatic rings.